The van der Waals surface area contributed by atoms with Crippen LogP contribution in [0.25, 0.3) is 0 Å². The van der Waals surface area contributed by atoms with E-state index in [1.807, 2.05) is 0 Å². The molecule has 6 unspecified atom stereocenters. The van der Waals surface area contributed by atoms with Crippen LogP contribution >= 0.6 is 0 Å². The van der Waals surface area contributed by atoms with Crippen molar-refractivity contribution in [2.45, 2.75) is 26.9 Å². The lowest BCUT2D eigenvalue weighted by Crippen LogP contribution is -3.05. The van der Waals surface area contributed by atoms with Crippen LogP contribution < -0.4 is 4.90 Å². The zero-order chi connectivity index (χ0) is 13.6. The molecule has 2 nitrogen and oxygen atoms in total. The van der Waals surface area contributed by atoms with Gasteiger partial charge in [-0.05, 0) is 36.8 Å². The lowest BCUT2D eigenvalue weighted by Gasteiger charge is -2.48. The highest BCUT2D eigenvalue weighted by molar-refractivity contribution is 5.27. The molecule has 0 aromatic heterocycles. The van der Waals surface area contributed by atoms with Crippen LogP contribution in [-0.4, -0.2) is 26.3 Å². The van der Waals surface area contributed by atoms with Crippen LogP contribution in [0.1, 0.15) is 20.8 Å². The fourth-order valence-corrected chi connectivity index (χ4v) is 4.25. The summed E-state index contributed by atoms with van der Waals surface area (Å²) in [5.41, 5.74) is 3.01. The quantitative estimate of drug-likeness (QED) is 0.710. The maximum atomic E-state index is 6.29. The van der Waals surface area contributed by atoms with E-state index < -0.39 is 0 Å². The van der Waals surface area contributed by atoms with Gasteiger partial charge in [-0.3, -0.25) is 0 Å². The molecule has 2 aliphatic heterocycles. The van der Waals surface area contributed by atoms with Crippen LogP contribution in [0.3, 0.4) is 0 Å². The molecule has 2 bridgehead atoms. The Kier molecular flexibility index (Phi) is 3.40. The number of hydrogen-bond donors (Lipinski definition) is 1. The number of likely N-dealkylation sites (N-methyl/N-ethyl adjacent to an activating group) is 1. The van der Waals surface area contributed by atoms with Gasteiger partial charge in [-0.25, -0.2) is 0 Å². The average molecular weight is 260 g/mol. The zero-order valence-electron chi connectivity index (χ0n) is 12.5. The van der Waals surface area contributed by atoms with Crippen LogP contribution in [0, 0.1) is 23.7 Å². The molecule has 1 N–H and O–H groups in total. The van der Waals surface area contributed by atoms with Crippen LogP contribution in [0.2, 0.25) is 0 Å². The van der Waals surface area contributed by atoms with Crippen molar-refractivity contribution in [2.24, 2.45) is 23.7 Å². The van der Waals surface area contributed by atoms with Crippen molar-refractivity contribution >= 4 is 0 Å². The van der Waals surface area contributed by atoms with E-state index in [2.05, 4.69) is 52.2 Å². The fourth-order valence-electron chi connectivity index (χ4n) is 4.25. The van der Waals surface area contributed by atoms with Gasteiger partial charge in [0, 0.05) is 11.5 Å². The van der Waals surface area contributed by atoms with Gasteiger partial charge in [0.05, 0.1) is 26.0 Å². The highest BCUT2D eigenvalue weighted by atomic mass is 16.5. The Hall–Kier alpha value is -0.860. The minimum absolute atomic E-state index is 0.301. The summed E-state index contributed by atoms with van der Waals surface area (Å²) in [5.74, 6) is 2.70. The van der Waals surface area contributed by atoms with Gasteiger partial charge in [0.15, 0.2) is 0 Å². The lowest BCUT2D eigenvalue weighted by atomic mass is 9.64. The summed E-state index contributed by atoms with van der Waals surface area (Å²) in [6, 6.07) is 0. The number of ether oxygens (including phenoxy) is 1. The molecular weight excluding hydrogens is 234 g/mol. The van der Waals surface area contributed by atoms with Crippen molar-refractivity contribution < 1.29 is 9.64 Å². The van der Waals surface area contributed by atoms with E-state index in [1.54, 1.807) is 0 Å². The Labute approximate surface area is 116 Å². The molecule has 2 heterocycles. The Bertz CT molecular complexity index is 448. The van der Waals surface area contributed by atoms with Crippen LogP contribution in [0.5, 0.6) is 0 Å². The Morgan fingerprint density at radius 1 is 1.32 bits per heavy atom. The molecule has 3 aliphatic rings. The minimum atomic E-state index is 0.301. The number of hydrogen-bond acceptors (Lipinski definition) is 1. The molecule has 1 saturated heterocycles. The fraction of sp³-hybridized carbons (Fsp3) is 0.647. The maximum absolute atomic E-state index is 6.29. The van der Waals surface area contributed by atoms with E-state index >= 15 is 0 Å². The van der Waals surface area contributed by atoms with Gasteiger partial charge in [-0.2, -0.15) is 0 Å². The second-order valence-corrected chi connectivity index (χ2v) is 6.70. The van der Waals surface area contributed by atoms with Gasteiger partial charge in [0.1, 0.15) is 6.54 Å². The third-order valence-electron chi connectivity index (χ3n) is 5.30. The van der Waals surface area contributed by atoms with Crippen molar-refractivity contribution in [1.82, 2.24) is 0 Å². The van der Waals surface area contributed by atoms with Gasteiger partial charge in [0.25, 0.3) is 0 Å². The molecule has 1 aliphatic carbocycles. The summed E-state index contributed by atoms with van der Waals surface area (Å²) < 4.78 is 6.29. The first-order chi connectivity index (χ1) is 9.08. The first kappa shape index (κ1) is 13.1. The van der Waals surface area contributed by atoms with E-state index in [1.165, 1.54) is 16.0 Å². The minimum Gasteiger partial charge on any atom is -0.373 e. The summed E-state index contributed by atoms with van der Waals surface area (Å²) in [6.45, 7) is 9.06. The predicted molar refractivity (Wildman–Crippen MR) is 77.8 cm³/mol. The molecule has 0 aromatic carbocycles. The van der Waals surface area contributed by atoms with E-state index in [0.29, 0.717) is 23.9 Å². The smallest absolute Gasteiger partial charge is 0.106 e. The number of fused-ring (bicyclic) bond motifs is 2. The molecule has 6 atom stereocenters. The summed E-state index contributed by atoms with van der Waals surface area (Å²) in [7, 11) is 2.21. The van der Waals surface area contributed by atoms with Crippen molar-refractivity contribution in [3.8, 4) is 0 Å². The molecule has 1 fully saturated rings. The van der Waals surface area contributed by atoms with Gasteiger partial charge >= 0.3 is 0 Å². The molecular formula is C17H26NO+. The normalized spacial score (nSPS) is 45.7. The summed E-state index contributed by atoms with van der Waals surface area (Å²) >= 11 is 0. The van der Waals surface area contributed by atoms with Crippen molar-refractivity contribution in [3.63, 3.8) is 0 Å². The molecule has 0 spiro atoms. The van der Waals surface area contributed by atoms with Crippen molar-refractivity contribution in [1.29, 1.82) is 0 Å². The van der Waals surface area contributed by atoms with Crippen molar-refractivity contribution in [2.75, 3.05) is 20.2 Å². The Morgan fingerprint density at radius 2 is 2.11 bits per heavy atom. The molecule has 0 amide bonds. The second-order valence-electron chi connectivity index (χ2n) is 6.70. The Balaban J connectivity index is 1.90. The molecule has 3 rings (SSSR count). The van der Waals surface area contributed by atoms with E-state index in [-0.39, 0.29) is 0 Å². The van der Waals surface area contributed by atoms with Gasteiger partial charge in [-0.15, -0.1) is 0 Å². The van der Waals surface area contributed by atoms with Crippen LogP contribution in [0.4, 0.5) is 0 Å². The largest absolute Gasteiger partial charge is 0.373 e. The van der Waals surface area contributed by atoms with E-state index in [0.717, 1.165) is 19.1 Å². The highest BCUT2D eigenvalue weighted by Crippen LogP contribution is 2.45. The molecule has 0 radical (unpaired) electrons. The number of quaternary nitrogens is 1. The average Bonchev–Trinajstić information content (AvgIpc) is 2.35. The predicted octanol–water partition coefficient (Wildman–Crippen LogP) is 1.82. The number of allylic oxidation sites excluding steroid dienone is 3. The molecule has 2 heteroatoms. The Morgan fingerprint density at radius 3 is 2.84 bits per heavy atom. The van der Waals surface area contributed by atoms with Crippen LogP contribution in [0.15, 0.2) is 35.6 Å². The topological polar surface area (TPSA) is 13.7 Å². The van der Waals surface area contributed by atoms with Gasteiger partial charge < -0.3 is 9.64 Å². The second kappa shape index (κ2) is 4.92. The molecule has 0 aromatic rings. The SMILES string of the molecule is CC1=CC(C)C2COC(C3=CC=C[NH+](C)C3)C1C2C. The number of nitrogens with one attached hydrogen (secondary N) is 1. The summed E-state index contributed by atoms with van der Waals surface area (Å²) in [6.07, 6.45) is 9.45. The molecule has 19 heavy (non-hydrogen) atoms. The van der Waals surface area contributed by atoms with Gasteiger partial charge in [-0.1, -0.05) is 25.5 Å². The molecule has 104 valence electrons. The van der Waals surface area contributed by atoms with Crippen molar-refractivity contribution in [3.05, 3.63) is 35.6 Å². The third-order valence-corrected chi connectivity index (χ3v) is 5.30. The lowest BCUT2D eigenvalue weighted by molar-refractivity contribution is -0.820. The molecule has 0 saturated carbocycles. The van der Waals surface area contributed by atoms with Gasteiger partial charge in [0.2, 0.25) is 0 Å². The van der Waals surface area contributed by atoms with Crippen LogP contribution in [-0.2, 0) is 4.74 Å². The summed E-state index contributed by atoms with van der Waals surface area (Å²) in [4.78, 5) is 1.45. The highest BCUT2D eigenvalue weighted by Gasteiger charge is 2.44. The monoisotopic (exact) mass is 260 g/mol. The summed E-state index contributed by atoms with van der Waals surface area (Å²) in [5, 5.41) is 0. The van der Waals surface area contributed by atoms with E-state index in [9.17, 15) is 0 Å². The number of rotatable bonds is 1. The first-order valence-electron chi connectivity index (χ1n) is 7.57. The standard InChI is InChI=1S/C17H25NO/c1-11-8-12(2)16-13(3)15(11)10-19-17(16)14-6-5-7-18(4)9-14/h5-8,11,13,15-17H,9-10H2,1-4H3/p+1. The zero-order valence-corrected chi connectivity index (χ0v) is 12.5. The third kappa shape index (κ3) is 2.21. The maximum Gasteiger partial charge on any atom is 0.106 e. The first-order valence-corrected chi connectivity index (χ1v) is 7.57. The van der Waals surface area contributed by atoms with E-state index in [4.69, 9.17) is 4.74 Å².